The lowest BCUT2D eigenvalue weighted by molar-refractivity contribution is -0.121. The minimum Gasteiger partial charge on any atom is -0.353 e. The zero-order valence-corrected chi connectivity index (χ0v) is 8.88. The van der Waals surface area contributed by atoms with Gasteiger partial charge >= 0.3 is 0 Å². The first-order chi connectivity index (χ1) is 6.83. The lowest BCUT2D eigenvalue weighted by Crippen LogP contribution is -2.29. The largest absolute Gasteiger partial charge is 0.353 e. The Kier molecular flexibility index (Phi) is 5.30. The summed E-state index contributed by atoms with van der Waals surface area (Å²) >= 11 is 0. The molecule has 1 amide bonds. The first-order valence-corrected chi connectivity index (χ1v) is 5.44. The summed E-state index contributed by atoms with van der Waals surface area (Å²) in [5, 5.41) is 6.20. The Labute approximate surface area is 86.0 Å². The van der Waals surface area contributed by atoms with Crippen LogP contribution in [0.4, 0.5) is 0 Å². The number of hydrogen-bond donors (Lipinski definition) is 2. The maximum Gasteiger partial charge on any atom is 0.221 e. The number of rotatable bonds is 7. The summed E-state index contributed by atoms with van der Waals surface area (Å²) in [6, 6.07) is 0.491. The predicted molar refractivity (Wildman–Crippen MR) is 58.1 cm³/mol. The van der Waals surface area contributed by atoms with Crippen LogP contribution in [0.1, 0.15) is 32.6 Å². The number of nitrogens with one attached hydrogen (secondary N) is 2. The molecule has 0 heterocycles. The van der Waals surface area contributed by atoms with Gasteiger partial charge in [0.2, 0.25) is 5.91 Å². The predicted octanol–water partition coefficient (Wildman–Crippen LogP) is 1.21. The Morgan fingerprint density at radius 2 is 2.21 bits per heavy atom. The van der Waals surface area contributed by atoms with Crippen LogP contribution in [0.5, 0.6) is 0 Å². The van der Waals surface area contributed by atoms with Gasteiger partial charge in [-0.05, 0) is 32.7 Å². The minimum atomic E-state index is 0.186. The van der Waals surface area contributed by atoms with E-state index in [-0.39, 0.29) is 5.91 Å². The van der Waals surface area contributed by atoms with E-state index < -0.39 is 0 Å². The van der Waals surface area contributed by atoms with Gasteiger partial charge in [0.1, 0.15) is 0 Å². The standard InChI is InChI=1S/C11H20N2O/c1-2-3-4-8-12-9-7-11(14)13-10-5-6-10/h2-3,10,12H,4-9H2,1H3,(H,13,14)/b3-2+. The zero-order valence-electron chi connectivity index (χ0n) is 8.88. The first-order valence-electron chi connectivity index (χ1n) is 5.44. The first kappa shape index (κ1) is 11.2. The van der Waals surface area contributed by atoms with Crippen molar-refractivity contribution in [3.8, 4) is 0 Å². The molecule has 0 aromatic heterocycles. The van der Waals surface area contributed by atoms with Crippen LogP contribution in [0.2, 0.25) is 0 Å². The van der Waals surface area contributed by atoms with E-state index >= 15 is 0 Å². The van der Waals surface area contributed by atoms with Crippen molar-refractivity contribution in [3.05, 3.63) is 12.2 Å². The molecule has 1 rings (SSSR count). The van der Waals surface area contributed by atoms with Crippen molar-refractivity contribution in [2.75, 3.05) is 13.1 Å². The molecule has 1 saturated carbocycles. The molecule has 1 aliphatic carbocycles. The van der Waals surface area contributed by atoms with Crippen LogP contribution in [0.15, 0.2) is 12.2 Å². The molecule has 3 heteroatoms. The lowest BCUT2D eigenvalue weighted by Gasteiger charge is -2.03. The Bertz CT molecular complexity index is 197. The molecule has 0 radical (unpaired) electrons. The van der Waals surface area contributed by atoms with Gasteiger partial charge in [-0.1, -0.05) is 12.2 Å². The Balaban J connectivity index is 1.84. The number of amides is 1. The van der Waals surface area contributed by atoms with Crippen molar-refractivity contribution in [2.24, 2.45) is 0 Å². The van der Waals surface area contributed by atoms with Crippen molar-refractivity contribution < 1.29 is 4.79 Å². The summed E-state index contributed by atoms with van der Waals surface area (Å²) in [5.41, 5.74) is 0. The second kappa shape index (κ2) is 6.60. The average Bonchev–Trinajstić information content (AvgIpc) is 2.95. The summed E-state index contributed by atoms with van der Waals surface area (Å²) in [6.45, 7) is 3.76. The van der Waals surface area contributed by atoms with E-state index in [1.807, 2.05) is 13.0 Å². The van der Waals surface area contributed by atoms with Gasteiger partial charge in [-0.15, -0.1) is 0 Å². The molecule has 0 unspecified atom stereocenters. The topological polar surface area (TPSA) is 41.1 Å². The molecule has 0 aromatic rings. The average molecular weight is 196 g/mol. The molecule has 0 bridgehead atoms. The summed E-state index contributed by atoms with van der Waals surface area (Å²) in [4.78, 5) is 11.2. The number of hydrogen-bond acceptors (Lipinski definition) is 2. The van der Waals surface area contributed by atoms with E-state index in [2.05, 4.69) is 16.7 Å². The highest BCUT2D eigenvalue weighted by Crippen LogP contribution is 2.18. The smallest absolute Gasteiger partial charge is 0.221 e. The second-order valence-corrected chi connectivity index (χ2v) is 3.70. The van der Waals surface area contributed by atoms with Crippen molar-refractivity contribution >= 4 is 5.91 Å². The van der Waals surface area contributed by atoms with Crippen LogP contribution >= 0.6 is 0 Å². The number of allylic oxidation sites excluding steroid dienone is 1. The quantitative estimate of drug-likeness (QED) is 0.474. The van der Waals surface area contributed by atoms with E-state index in [1.165, 1.54) is 12.8 Å². The molecule has 0 saturated heterocycles. The second-order valence-electron chi connectivity index (χ2n) is 3.70. The molecule has 2 N–H and O–H groups in total. The summed E-state index contributed by atoms with van der Waals surface area (Å²) < 4.78 is 0. The van der Waals surface area contributed by atoms with Gasteiger partial charge in [0, 0.05) is 19.0 Å². The molecular formula is C11H20N2O. The lowest BCUT2D eigenvalue weighted by atomic mass is 10.3. The molecule has 0 atom stereocenters. The maximum atomic E-state index is 11.2. The Morgan fingerprint density at radius 3 is 2.86 bits per heavy atom. The highest BCUT2D eigenvalue weighted by molar-refractivity contribution is 5.76. The van der Waals surface area contributed by atoms with E-state index in [1.54, 1.807) is 0 Å². The van der Waals surface area contributed by atoms with Gasteiger partial charge in [-0.3, -0.25) is 4.79 Å². The van der Waals surface area contributed by atoms with Crippen molar-refractivity contribution in [1.29, 1.82) is 0 Å². The Morgan fingerprint density at radius 1 is 1.43 bits per heavy atom. The third-order valence-corrected chi connectivity index (χ3v) is 2.19. The molecule has 0 aromatic carbocycles. The molecular weight excluding hydrogens is 176 g/mol. The van der Waals surface area contributed by atoms with Gasteiger partial charge in [-0.25, -0.2) is 0 Å². The molecule has 0 aliphatic heterocycles. The molecule has 3 nitrogen and oxygen atoms in total. The zero-order chi connectivity index (χ0) is 10.2. The third kappa shape index (κ3) is 5.75. The van der Waals surface area contributed by atoms with E-state index in [9.17, 15) is 4.79 Å². The fourth-order valence-electron chi connectivity index (χ4n) is 1.21. The van der Waals surface area contributed by atoms with Crippen molar-refractivity contribution in [2.45, 2.75) is 38.6 Å². The van der Waals surface area contributed by atoms with Gasteiger partial charge in [0.25, 0.3) is 0 Å². The van der Waals surface area contributed by atoms with E-state index in [0.717, 1.165) is 19.5 Å². The molecule has 1 fully saturated rings. The van der Waals surface area contributed by atoms with Gasteiger partial charge in [0.05, 0.1) is 0 Å². The fourth-order valence-corrected chi connectivity index (χ4v) is 1.21. The van der Waals surface area contributed by atoms with Gasteiger partial charge in [-0.2, -0.15) is 0 Å². The van der Waals surface area contributed by atoms with Crippen LogP contribution in [-0.2, 0) is 4.79 Å². The summed E-state index contributed by atoms with van der Waals surface area (Å²) in [5.74, 6) is 0.186. The SMILES string of the molecule is C/C=C/CCNCCC(=O)NC1CC1. The number of carbonyl (C=O) groups is 1. The molecule has 0 spiro atoms. The van der Waals surface area contributed by atoms with Gasteiger partial charge < -0.3 is 10.6 Å². The van der Waals surface area contributed by atoms with Gasteiger partial charge in [0.15, 0.2) is 0 Å². The highest BCUT2D eigenvalue weighted by atomic mass is 16.1. The monoisotopic (exact) mass is 196 g/mol. The normalized spacial score (nSPS) is 16.1. The maximum absolute atomic E-state index is 11.2. The van der Waals surface area contributed by atoms with E-state index in [0.29, 0.717) is 12.5 Å². The molecule has 80 valence electrons. The van der Waals surface area contributed by atoms with Crippen molar-refractivity contribution in [1.82, 2.24) is 10.6 Å². The van der Waals surface area contributed by atoms with Crippen LogP contribution in [0, 0.1) is 0 Å². The number of carbonyl (C=O) groups excluding carboxylic acids is 1. The van der Waals surface area contributed by atoms with Crippen LogP contribution < -0.4 is 10.6 Å². The highest BCUT2D eigenvalue weighted by Gasteiger charge is 2.22. The van der Waals surface area contributed by atoms with Crippen LogP contribution in [0.25, 0.3) is 0 Å². The van der Waals surface area contributed by atoms with Crippen LogP contribution in [-0.4, -0.2) is 25.0 Å². The van der Waals surface area contributed by atoms with Crippen LogP contribution in [0.3, 0.4) is 0 Å². The van der Waals surface area contributed by atoms with E-state index in [4.69, 9.17) is 0 Å². The molecule has 1 aliphatic rings. The third-order valence-electron chi connectivity index (χ3n) is 2.19. The summed E-state index contributed by atoms with van der Waals surface area (Å²) in [7, 11) is 0. The Hall–Kier alpha value is -0.830. The minimum absolute atomic E-state index is 0.186. The summed E-state index contributed by atoms with van der Waals surface area (Å²) in [6.07, 6.45) is 8.15. The van der Waals surface area contributed by atoms with Crippen molar-refractivity contribution in [3.63, 3.8) is 0 Å². The molecule has 14 heavy (non-hydrogen) atoms. The fraction of sp³-hybridized carbons (Fsp3) is 0.727.